The molecule has 0 aromatic carbocycles. The molecule has 0 saturated heterocycles. The second kappa shape index (κ2) is 13.4. The van der Waals surface area contributed by atoms with Crippen LogP contribution in [0.1, 0.15) is 64.0 Å². The van der Waals surface area contributed by atoms with Crippen LogP contribution in [-0.2, 0) is 6.54 Å². The molecule has 0 amide bonds. The van der Waals surface area contributed by atoms with E-state index < -0.39 is 0 Å². The molecule has 20 heavy (non-hydrogen) atoms. The van der Waals surface area contributed by atoms with Gasteiger partial charge in [0, 0.05) is 38.3 Å². The van der Waals surface area contributed by atoms with Crippen LogP contribution in [0.2, 0.25) is 0 Å². The summed E-state index contributed by atoms with van der Waals surface area (Å²) in [4.78, 5) is 0. The standard InChI is InChI=1S/C18H28N.HI/c1-3-4-5-6-7-8-9-10-11-13-16-19-17-14-12-15-18(19)2;/h12,14-15,17H,3-5,8-11,13,16H2,1-2H3;1H/q+1;/p-1. The van der Waals surface area contributed by atoms with Gasteiger partial charge in [0.2, 0.25) is 0 Å². The molecule has 1 aromatic rings. The monoisotopic (exact) mass is 385 g/mol. The lowest BCUT2D eigenvalue weighted by Crippen LogP contribution is -3.00. The quantitative estimate of drug-likeness (QED) is 0.276. The first-order valence-corrected chi connectivity index (χ1v) is 7.75. The van der Waals surface area contributed by atoms with E-state index in [1.54, 1.807) is 0 Å². The minimum Gasteiger partial charge on any atom is -1.00 e. The fraction of sp³-hybridized carbons (Fsp3) is 0.611. The zero-order valence-electron chi connectivity index (χ0n) is 13.0. The normalized spacial score (nSPS) is 9.50. The average Bonchev–Trinajstić information content (AvgIpc) is 2.43. The number of unbranched alkanes of at least 4 members (excludes halogenated alkanes) is 6. The first-order valence-electron chi connectivity index (χ1n) is 7.75. The lowest BCUT2D eigenvalue weighted by Gasteiger charge is -2.00. The number of rotatable bonds is 8. The summed E-state index contributed by atoms with van der Waals surface area (Å²) in [5.74, 6) is 6.54. The highest BCUT2D eigenvalue weighted by Crippen LogP contribution is 2.03. The van der Waals surface area contributed by atoms with Gasteiger partial charge in [-0.3, -0.25) is 0 Å². The number of nitrogens with zero attached hydrogens (tertiary/aromatic N) is 1. The van der Waals surface area contributed by atoms with Crippen LogP contribution in [0.5, 0.6) is 0 Å². The summed E-state index contributed by atoms with van der Waals surface area (Å²) in [7, 11) is 0. The van der Waals surface area contributed by atoms with E-state index in [9.17, 15) is 0 Å². The summed E-state index contributed by atoms with van der Waals surface area (Å²) in [6.07, 6.45) is 12.0. The Morgan fingerprint density at radius 1 is 0.950 bits per heavy atom. The molecule has 112 valence electrons. The van der Waals surface area contributed by atoms with Gasteiger partial charge in [-0.15, -0.1) is 11.8 Å². The first-order chi connectivity index (χ1) is 9.34. The summed E-state index contributed by atoms with van der Waals surface area (Å²) in [5.41, 5.74) is 1.35. The van der Waals surface area contributed by atoms with E-state index in [1.165, 1.54) is 44.2 Å². The lowest BCUT2D eigenvalue weighted by atomic mass is 10.1. The second-order valence-electron chi connectivity index (χ2n) is 5.16. The highest BCUT2D eigenvalue weighted by Gasteiger charge is 2.02. The highest BCUT2D eigenvalue weighted by molar-refractivity contribution is 4.98. The molecule has 1 heterocycles. The van der Waals surface area contributed by atoms with E-state index in [4.69, 9.17) is 0 Å². The minimum atomic E-state index is 0. The van der Waals surface area contributed by atoms with Crippen molar-refractivity contribution in [1.82, 2.24) is 0 Å². The molecule has 0 saturated carbocycles. The smallest absolute Gasteiger partial charge is 0.178 e. The summed E-state index contributed by atoms with van der Waals surface area (Å²) in [5, 5.41) is 0. The third-order valence-corrected chi connectivity index (χ3v) is 3.40. The van der Waals surface area contributed by atoms with Gasteiger partial charge >= 0.3 is 0 Å². The molecule has 0 radical (unpaired) electrons. The molecule has 2 heteroatoms. The maximum atomic E-state index is 3.28. The van der Waals surface area contributed by atoms with Crippen LogP contribution in [0.15, 0.2) is 24.4 Å². The molecular formula is C18H28IN. The Labute approximate surface area is 142 Å². The average molecular weight is 385 g/mol. The van der Waals surface area contributed by atoms with Crippen molar-refractivity contribution >= 4 is 0 Å². The molecule has 0 atom stereocenters. The molecule has 0 N–H and O–H groups in total. The largest absolute Gasteiger partial charge is 1.00 e. The van der Waals surface area contributed by atoms with Crippen molar-refractivity contribution in [3.05, 3.63) is 30.1 Å². The second-order valence-corrected chi connectivity index (χ2v) is 5.16. The van der Waals surface area contributed by atoms with Gasteiger partial charge in [-0.2, -0.15) is 0 Å². The molecule has 0 aliphatic carbocycles. The predicted molar refractivity (Wildman–Crippen MR) is 81.8 cm³/mol. The van der Waals surface area contributed by atoms with E-state index in [-0.39, 0.29) is 24.0 Å². The first kappa shape index (κ1) is 19.4. The van der Waals surface area contributed by atoms with Crippen molar-refractivity contribution in [2.24, 2.45) is 0 Å². The van der Waals surface area contributed by atoms with E-state index in [0.717, 1.165) is 19.4 Å². The number of aromatic nitrogens is 1. The minimum absolute atomic E-state index is 0. The molecule has 0 spiro atoms. The molecular weight excluding hydrogens is 357 g/mol. The molecule has 1 nitrogen and oxygen atoms in total. The highest BCUT2D eigenvalue weighted by atomic mass is 127. The van der Waals surface area contributed by atoms with Crippen molar-refractivity contribution in [2.45, 2.75) is 71.8 Å². The number of hydrogen-bond donors (Lipinski definition) is 0. The number of hydrogen-bond acceptors (Lipinski definition) is 0. The fourth-order valence-electron chi connectivity index (χ4n) is 2.10. The van der Waals surface area contributed by atoms with Crippen LogP contribution in [-0.4, -0.2) is 0 Å². The van der Waals surface area contributed by atoms with Crippen LogP contribution < -0.4 is 28.5 Å². The third kappa shape index (κ3) is 9.36. The Bertz CT molecular complexity index is 403. The molecule has 1 aromatic heterocycles. The molecule has 0 aliphatic heterocycles. The zero-order valence-corrected chi connectivity index (χ0v) is 15.2. The SMILES string of the molecule is CCCCC#CCCCCCC[n+]1ccccc1C.[I-]. The Balaban J connectivity index is 0.00000361. The van der Waals surface area contributed by atoms with Gasteiger partial charge in [0.1, 0.15) is 6.54 Å². The van der Waals surface area contributed by atoms with Crippen LogP contribution in [0.25, 0.3) is 0 Å². The Hall–Kier alpha value is -0.560. The molecule has 0 unspecified atom stereocenters. The maximum absolute atomic E-state index is 3.28. The van der Waals surface area contributed by atoms with Crippen LogP contribution >= 0.6 is 0 Å². The fourth-order valence-corrected chi connectivity index (χ4v) is 2.10. The van der Waals surface area contributed by atoms with Gasteiger partial charge in [0.15, 0.2) is 11.9 Å². The van der Waals surface area contributed by atoms with Gasteiger partial charge in [-0.05, 0) is 19.3 Å². The van der Waals surface area contributed by atoms with Crippen molar-refractivity contribution in [3.63, 3.8) is 0 Å². The van der Waals surface area contributed by atoms with Gasteiger partial charge < -0.3 is 24.0 Å². The summed E-state index contributed by atoms with van der Waals surface area (Å²) in [6, 6.07) is 6.38. The van der Waals surface area contributed by atoms with E-state index >= 15 is 0 Å². The van der Waals surface area contributed by atoms with Crippen LogP contribution in [0, 0.1) is 18.8 Å². The molecule has 0 aliphatic rings. The lowest BCUT2D eigenvalue weighted by molar-refractivity contribution is -0.703. The Morgan fingerprint density at radius 3 is 2.35 bits per heavy atom. The van der Waals surface area contributed by atoms with Crippen molar-refractivity contribution in [1.29, 1.82) is 0 Å². The number of aryl methyl sites for hydroxylation is 2. The topological polar surface area (TPSA) is 3.88 Å². The zero-order chi connectivity index (χ0) is 13.8. The third-order valence-electron chi connectivity index (χ3n) is 3.40. The van der Waals surface area contributed by atoms with Crippen LogP contribution in [0.4, 0.5) is 0 Å². The van der Waals surface area contributed by atoms with E-state index in [2.05, 4.69) is 54.7 Å². The Kier molecular flexibility index (Phi) is 13.0. The van der Waals surface area contributed by atoms with Crippen molar-refractivity contribution in [3.8, 4) is 11.8 Å². The molecule has 1 rings (SSSR count). The van der Waals surface area contributed by atoms with Crippen molar-refractivity contribution in [2.75, 3.05) is 0 Å². The maximum Gasteiger partial charge on any atom is 0.178 e. The van der Waals surface area contributed by atoms with Gasteiger partial charge in [-0.25, -0.2) is 4.57 Å². The van der Waals surface area contributed by atoms with Gasteiger partial charge in [0.05, 0.1) is 0 Å². The van der Waals surface area contributed by atoms with E-state index in [0.29, 0.717) is 0 Å². The van der Waals surface area contributed by atoms with Crippen molar-refractivity contribution < 1.29 is 28.5 Å². The number of halogens is 1. The molecule has 0 fully saturated rings. The summed E-state index contributed by atoms with van der Waals surface area (Å²) < 4.78 is 2.34. The predicted octanol–water partition coefficient (Wildman–Crippen LogP) is 1.43. The van der Waals surface area contributed by atoms with Gasteiger partial charge in [-0.1, -0.05) is 25.8 Å². The Morgan fingerprint density at radius 2 is 1.65 bits per heavy atom. The summed E-state index contributed by atoms with van der Waals surface area (Å²) >= 11 is 0. The van der Waals surface area contributed by atoms with Gasteiger partial charge in [0.25, 0.3) is 0 Å². The summed E-state index contributed by atoms with van der Waals surface area (Å²) in [6.45, 7) is 5.54. The molecule has 0 bridgehead atoms. The number of pyridine rings is 1. The van der Waals surface area contributed by atoms with E-state index in [1.807, 2.05) is 0 Å². The van der Waals surface area contributed by atoms with Crippen LogP contribution in [0.3, 0.4) is 0 Å².